The Morgan fingerprint density at radius 3 is 2.50 bits per heavy atom. The Kier molecular flexibility index (Phi) is 5.34. The maximum absolute atomic E-state index is 12.1. The lowest BCUT2D eigenvalue weighted by Crippen LogP contribution is -2.07. The van der Waals surface area contributed by atoms with E-state index >= 15 is 0 Å². The zero-order chi connectivity index (χ0) is 18.5. The molecule has 132 valence electrons. The van der Waals surface area contributed by atoms with E-state index in [2.05, 4.69) is 10.3 Å². The number of nitrogens with zero attached hydrogens (tertiary/aromatic N) is 1. The molecule has 2 aromatic carbocycles. The molecule has 5 nitrogen and oxygen atoms in total. The standard InChI is InChI=1S/C20H19N3O2S/c1-13-19(15-6-10-17(25-2)11-7-15)23-20(26-13)22-18(24)12-5-14-3-8-16(21)9-4-14/h3-12H,21H2,1-2H3,(H,22,23,24)/b12-5+. The highest BCUT2D eigenvalue weighted by molar-refractivity contribution is 7.16. The second kappa shape index (κ2) is 7.84. The number of hydrogen-bond acceptors (Lipinski definition) is 5. The normalized spacial score (nSPS) is 10.8. The summed E-state index contributed by atoms with van der Waals surface area (Å²) >= 11 is 1.45. The van der Waals surface area contributed by atoms with Gasteiger partial charge < -0.3 is 10.5 Å². The van der Waals surface area contributed by atoms with Gasteiger partial charge in [0, 0.05) is 22.2 Å². The molecule has 0 fully saturated rings. The van der Waals surface area contributed by atoms with Crippen molar-refractivity contribution in [3.05, 3.63) is 65.0 Å². The number of carbonyl (C=O) groups excluding carboxylic acids is 1. The number of ether oxygens (including phenoxy) is 1. The van der Waals surface area contributed by atoms with E-state index in [0.29, 0.717) is 10.8 Å². The van der Waals surface area contributed by atoms with Crippen LogP contribution in [0.4, 0.5) is 10.8 Å². The third-order valence-corrected chi connectivity index (χ3v) is 4.64. The highest BCUT2D eigenvalue weighted by Crippen LogP contribution is 2.31. The number of hydrogen-bond donors (Lipinski definition) is 2. The summed E-state index contributed by atoms with van der Waals surface area (Å²) in [6.07, 6.45) is 3.22. The first-order chi connectivity index (χ1) is 12.5. The zero-order valence-corrected chi connectivity index (χ0v) is 15.3. The maximum atomic E-state index is 12.1. The molecule has 0 unspecified atom stereocenters. The largest absolute Gasteiger partial charge is 0.497 e. The van der Waals surface area contributed by atoms with Gasteiger partial charge in [-0.1, -0.05) is 12.1 Å². The van der Waals surface area contributed by atoms with Crippen molar-refractivity contribution in [2.45, 2.75) is 6.92 Å². The van der Waals surface area contributed by atoms with Gasteiger partial charge in [-0.25, -0.2) is 4.98 Å². The van der Waals surface area contributed by atoms with Crippen molar-refractivity contribution < 1.29 is 9.53 Å². The molecule has 0 aliphatic rings. The number of nitrogen functional groups attached to an aromatic ring is 1. The number of nitrogens with two attached hydrogens (primary N) is 1. The van der Waals surface area contributed by atoms with E-state index in [1.165, 1.54) is 17.4 Å². The van der Waals surface area contributed by atoms with Gasteiger partial charge in [0.1, 0.15) is 5.75 Å². The van der Waals surface area contributed by atoms with Crippen molar-refractivity contribution in [1.82, 2.24) is 4.98 Å². The quantitative estimate of drug-likeness (QED) is 0.520. The topological polar surface area (TPSA) is 77.2 Å². The van der Waals surface area contributed by atoms with E-state index in [1.807, 2.05) is 43.3 Å². The molecule has 0 bridgehead atoms. The Morgan fingerprint density at radius 1 is 1.15 bits per heavy atom. The number of rotatable bonds is 5. The van der Waals surface area contributed by atoms with Gasteiger partial charge in [-0.2, -0.15) is 0 Å². The molecule has 0 radical (unpaired) electrons. The molecule has 1 amide bonds. The van der Waals surface area contributed by atoms with Crippen LogP contribution < -0.4 is 15.8 Å². The second-order valence-electron chi connectivity index (χ2n) is 5.64. The lowest BCUT2D eigenvalue weighted by Gasteiger charge is -2.01. The molecular formula is C20H19N3O2S. The van der Waals surface area contributed by atoms with E-state index in [0.717, 1.165) is 27.4 Å². The highest BCUT2D eigenvalue weighted by atomic mass is 32.1. The van der Waals surface area contributed by atoms with Crippen LogP contribution in [0.1, 0.15) is 10.4 Å². The number of nitrogens with one attached hydrogen (secondary N) is 1. The third kappa shape index (κ3) is 4.29. The summed E-state index contributed by atoms with van der Waals surface area (Å²) in [5, 5.41) is 3.38. The van der Waals surface area contributed by atoms with Crippen LogP contribution in [0.5, 0.6) is 5.75 Å². The average molecular weight is 365 g/mol. The molecule has 3 rings (SSSR count). The van der Waals surface area contributed by atoms with Crippen LogP contribution in [0.3, 0.4) is 0 Å². The lowest BCUT2D eigenvalue weighted by molar-refractivity contribution is -0.111. The number of benzene rings is 2. The molecule has 0 aliphatic carbocycles. The van der Waals surface area contributed by atoms with Crippen molar-refractivity contribution in [3.8, 4) is 17.0 Å². The predicted molar refractivity (Wildman–Crippen MR) is 107 cm³/mol. The molecule has 0 saturated carbocycles. The maximum Gasteiger partial charge on any atom is 0.250 e. The van der Waals surface area contributed by atoms with E-state index in [1.54, 1.807) is 25.3 Å². The van der Waals surface area contributed by atoms with E-state index < -0.39 is 0 Å². The molecule has 6 heteroatoms. The van der Waals surface area contributed by atoms with Gasteiger partial charge in [0.05, 0.1) is 12.8 Å². The number of carbonyl (C=O) groups is 1. The summed E-state index contributed by atoms with van der Waals surface area (Å²) in [6.45, 7) is 1.98. The highest BCUT2D eigenvalue weighted by Gasteiger charge is 2.11. The Bertz CT molecular complexity index is 929. The summed E-state index contributed by atoms with van der Waals surface area (Å²) in [5.41, 5.74) is 9.09. The molecular weight excluding hydrogens is 346 g/mol. The lowest BCUT2D eigenvalue weighted by atomic mass is 10.1. The van der Waals surface area contributed by atoms with Crippen LogP contribution in [-0.4, -0.2) is 18.0 Å². The first-order valence-electron chi connectivity index (χ1n) is 8.01. The van der Waals surface area contributed by atoms with Crippen LogP contribution in [0.15, 0.2) is 54.6 Å². The second-order valence-corrected chi connectivity index (χ2v) is 6.84. The van der Waals surface area contributed by atoms with Gasteiger partial charge in [-0.05, 0) is 55.0 Å². The van der Waals surface area contributed by atoms with Gasteiger partial charge in [0.15, 0.2) is 5.13 Å². The number of anilines is 2. The van der Waals surface area contributed by atoms with Gasteiger partial charge in [-0.15, -0.1) is 11.3 Å². The first kappa shape index (κ1) is 17.7. The summed E-state index contributed by atoms with van der Waals surface area (Å²) in [7, 11) is 1.63. The van der Waals surface area contributed by atoms with Crippen LogP contribution >= 0.6 is 11.3 Å². The van der Waals surface area contributed by atoms with Gasteiger partial charge in [-0.3, -0.25) is 10.1 Å². The number of thiazole rings is 1. The Hall–Kier alpha value is -3.12. The molecule has 3 N–H and O–H groups in total. The summed E-state index contributed by atoms with van der Waals surface area (Å²) in [4.78, 5) is 17.7. The van der Waals surface area contributed by atoms with Crippen LogP contribution in [0.25, 0.3) is 17.3 Å². The van der Waals surface area contributed by atoms with Crippen LogP contribution in [0, 0.1) is 6.92 Å². The van der Waals surface area contributed by atoms with E-state index in [4.69, 9.17) is 10.5 Å². The van der Waals surface area contributed by atoms with Crippen molar-refractivity contribution in [3.63, 3.8) is 0 Å². The molecule has 3 aromatic rings. The first-order valence-corrected chi connectivity index (χ1v) is 8.83. The Balaban J connectivity index is 1.70. The summed E-state index contributed by atoms with van der Waals surface area (Å²) in [6, 6.07) is 15.0. The average Bonchev–Trinajstić information content (AvgIpc) is 3.01. The summed E-state index contributed by atoms with van der Waals surface area (Å²) < 4.78 is 5.17. The van der Waals surface area contributed by atoms with Crippen molar-refractivity contribution >= 4 is 34.1 Å². The predicted octanol–water partition coefficient (Wildman–Crippen LogP) is 4.36. The number of amides is 1. The fraction of sp³-hybridized carbons (Fsp3) is 0.100. The van der Waals surface area contributed by atoms with Crippen LogP contribution in [-0.2, 0) is 4.79 Å². The number of methoxy groups -OCH3 is 1. The molecule has 26 heavy (non-hydrogen) atoms. The number of aromatic nitrogens is 1. The van der Waals surface area contributed by atoms with Crippen LogP contribution in [0.2, 0.25) is 0 Å². The third-order valence-electron chi connectivity index (χ3n) is 3.75. The molecule has 0 aliphatic heterocycles. The van der Waals surface area contributed by atoms with Crippen molar-refractivity contribution in [2.75, 3.05) is 18.2 Å². The minimum atomic E-state index is -0.225. The Morgan fingerprint density at radius 2 is 1.85 bits per heavy atom. The van der Waals surface area contributed by atoms with Crippen molar-refractivity contribution in [2.24, 2.45) is 0 Å². The fourth-order valence-electron chi connectivity index (χ4n) is 2.39. The minimum absolute atomic E-state index is 0.225. The van der Waals surface area contributed by atoms with Gasteiger partial charge >= 0.3 is 0 Å². The smallest absolute Gasteiger partial charge is 0.250 e. The summed E-state index contributed by atoms with van der Waals surface area (Å²) in [5.74, 6) is 0.569. The van der Waals surface area contributed by atoms with Gasteiger partial charge in [0.2, 0.25) is 5.91 Å². The molecule has 1 heterocycles. The van der Waals surface area contributed by atoms with Crippen molar-refractivity contribution in [1.29, 1.82) is 0 Å². The van der Waals surface area contributed by atoms with E-state index in [-0.39, 0.29) is 5.91 Å². The van der Waals surface area contributed by atoms with Gasteiger partial charge in [0.25, 0.3) is 0 Å². The minimum Gasteiger partial charge on any atom is -0.497 e. The Labute approximate surface area is 156 Å². The molecule has 0 atom stereocenters. The molecule has 0 spiro atoms. The van der Waals surface area contributed by atoms with E-state index in [9.17, 15) is 4.79 Å². The SMILES string of the molecule is COc1ccc(-c2nc(NC(=O)/C=C/c3ccc(N)cc3)sc2C)cc1. The fourth-order valence-corrected chi connectivity index (χ4v) is 3.23. The molecule has 0 saturated heterocycles. The zero-order valence-electron chi connectivity index (χ0n) is 14.5. The molecule has 1 aromatic heterocycles. The number of aryl methyl sites for hydroxylation is 1. The monoisotopic (exact) mass is 365 g/mol.